The van der Waals surface area contributed by atoms with Crippen LogP contribution < -0.4 is 5.32 Å². The molecule has 2 fully saturated rings. The monoisotopic (exact) mass is 294 g/mol. The summed E-state index contributed by atoms with van der Waals surface area (Å²) in [5, 5.41) is 3.64. The Kier molecular flexibility index (Phi) is 4.97. The van der Waals surface area contributed by atoms with Crippen molar-refractivity contribution in [3.63, 3.8) is 0 Å². The highest BCUT2D eigenvalue weighted by atomic mass is 19.4. The van der Waals surface area contributed by atoms with Crippen LogP contribution in [0.5, 0.6) is 0 Å². The van der Waals surface area contributed by atoms with E-state index >= 15 is 0 Å². The first-order valence-corrected chi connectivity index (χ1v) is 7.44. The Bertz CT molecular complexity index is 320. The molecule has 6 heteroatoms. The van der Waals surface area contributed by atoms with Crippen molar-refractivity contribution >= 4 is 0 Å². The van der Waals surface area contributed by atoms with Gasteiger partial charge in [0.25, 0.3) is 0 Å². The van der Waals surface area contributed by atoms with Gasteiger partial charge in [-0.05, 0) is 39.0 Å². The van der Waals surface area contributed by atoms with Crippen LogP contribution in [0.3, 0.4) is 0 Å². The van der Waals surface area contributed by atoms with Crippen LogP contribution in [0, 0.1) is 5.92 Å². The third-order valence-electron chi connectivity index (χ3n) is 4.43. The van der Waals surface area contributed by atoms with Crippen LogP contribution in [0.25, 0.3) is 0 Å². The van der Waals surface area contributed by atoms with Crippen LogP contribution in [0.15, 0.2) is 0 Å². The van der Waals surface area contributed by atoms with E-state index in [4.69, 9.17) is 0 Å². The van der Waals surface area contributed by atoms with Crippen molar-refractivity contribution in [1.29, 1.82) is 0 Å². The standard InChI is InChI=1S/C14H25F3N2O/c1-11-8-18-13(2,12-4-5-12)9-19(11)6-3-7-20-10-14(15,16)17/h11-12,18H,3-10H2,1-2H3. The van der Waals surface area contributed by atoms with E-state index in [1.165, 1.54) is 12.8 Å². The average Bonchev–Trinajstić information content (AvgIpc) is 3.16. The van der Waals surface area contributed by atoms with Gasteiger partial charge in [-0.25, -0.2) is 0 Å². The van der Waals surface area contributed by atoms with Crippen molar-refractivity contribution < 1.29 is 17.9 Å². The minimum atomic E-state index is -4.22. The van der Waals surface area contributed by atoms with E-state index in [0.717, 1.165) is 25.6 Å². The molecule has 0 bridgehead atoms. The molecular weight excluding hydrogens is 269 g/mol. The van der Waals surface area contributed by atoms with Gasteiger partial charge < -0.3 is 10.1 Å². The lowest BCUT2D eigenvalue weighted by Gasteiger charge is -2.45. The number of hydrogen-bond donors (Lipinski definition) is 1. The summed E-state index contributed by atoms with van der Waals surface area (Å²) in [5.74, 6) is 0.763. The Labute approximate surface area is 118 Å². The zero-order valence-corrected chi connectivity index (χ0v) is 12.3. The maximum absolute atomic E-state index is 12.0. The lowest BCUT2D eigenvalue weighted by atomic mass is 9.91. The van der Waals surface area contributed by atoms with Gasteiger partial charge in [-0.2, -0.15) is 13.2 Å². The molecule has 0 spiro atoms. The highest BCUT2D eigenvalue weighted by Crippen LogP contribution is 2.41. The van der Waals surface area contributed by atoms with Crippen LogP contribution >= 0.6 is 0 Å². The van der Waals surface area contributed by atoms with E-state index in [9.17, 15) is 13.2 Å². The van der Waals surface area contributed by atoms with Crippen LogP contribution in [0.4, 0.5) is 13.2 Å². The highest BCUT2D eigenvalue weighted by Gasteiger charge is 2.45. The van der Waals surface area contributed by atoms with E-state index in [0.29, 0.717) is 12.5 Å². The van der Waals surface area contributed by atoms with Crippen molar-refractivity contribution in [2.24, 2.45) is 5.92 Å². The lowest BCUT2D eigenvalue weighted by Crippen LogP contribution is -2.63. The smallest absolute Gasteiger partial charge is 0.372 e. The van der Waals surface area contributed by atoms with Gasteiger partial charge in [0.15, 0.2) is 0 Å². The zero-order valence-electron chi connectivity index (χ0n) is 12.3. The van der Waals surface area contributed by atoms with Gasteiger partial charge in [-0.15, -0.1) is 0 Å². The van der Waals surface area contributed by atoms with Gasteiger partial charge in [-0.3, -0.25) is 4.90 Å². The predicted molar refractivity (Wildman–Crippen MR) is 71.7 cm³/mol. The molecule has 1 heterocycles. The van der Waals surface area contributed by atoms with Crippen LogP contribution in [0.2, 0.25) is 0 Å². The van der Waals surface area contributed by atoms with E-state index < -0.39 is 12.8 Å². The predicted octanol–water partition coefficient (Wildman–Crippen LogP) is 2.42. The summed E-state index contributed by atoms with van der Waals surface area (Å²) in [7, 11) is 0. The average molecular weight is 294 g/mol. The zero-order chi connectivity index (χ0) is 14.8. The minimum absolute atomic E-state index is 0.177. The van der Waals surface area contributed by atoms with E-state index in [2.05, 4.69) is 28.8 Å². The fourth-order valence-electron chi connectivity index (χ4n) is 2.99. The molecule has 1 aliphatic heterocycles. The molecule has 1 saturated carbocycles. The molecule has 20 heavy (non-hydrogen) atoms. The van der Waals surface area contributed by atoms with Gasteiger partial charge in [-0.1, -0.05) is 0 Å². The van der Waals surface area contributed by atoms with Gasteiger partial charge in [0, 0.05) is 37.8 Å². The third-order valence-corrected chi connectivity index (χ3v) is 4.43. The van der Waals surface area contributed by atoms with Gasteiger partial charge in [0.05, 0.1) is 0 Å². The first-order valence-electron chi connectivity index (χ1n) is 7.44. The van der Waals surface area contributed by atoms with Crippen LogP contribution in [0.1, 0.15) is 33.1 Å². The Morgan fingerprint density at radius 3 is 2.65 bits per heavy atom. The molecule has 2 atom stereocenters. The topological polar surface area (TPSA) is 24.5 Å². The number of piperazine rings is 1. The summed E-state index contributed by atoms with van der Waals surface area (Å²) in [4.78, 5) is 2.38. The number of nitrogens with one attached hydrogen (secondary N) is 1. The molecule has 0 aromatic rings. The van der Waals surface area contributed by atoms with Crippen molar-refractivity contribution in [1.82, 2.24) is 10.2 Å². The lowest BCUT2D eigenvalue weighted by molar-refractivity contribution is -0.174. The van der Waals surface area contributed by atoms with Gasteiger partial charge >= 0.3 is 6.18 Å². The molecule has 2 aliphatic rings. The Balaban J connectivity index is 1.68. The summed E-state index contributed by atoms with van der Waals surface area (Å²) in [5.41, 5.74) is 0.180. The number of alkyl halides is 3. The SMILES string of the molecule is CC1CNC(C)(C2CC2)CN1CCCOCC(F)(F)F. The molecule has 3 nitrogen and oxygen atoms in total. The van der Waals surface area contributed by atoms with Gasteiger partial charge in [0.1, 0.15) is 6.61 Å². The van der Waals surface area contributed by atoms with Crippen LogP contribution in [-0.2, 0) is 4.74 Å². The number of halogens is 3. The summed E-state index contributed by atoms with van der Waals surface area (Å²) in [6.07, 6.45) is -0.977. The second-order valence-electron chi connectivity index (χ2n) is 6.41. The molecule has 0 radical (unpaired) electrons. The first kappa shape index (κ1) is 16.0. The number of rotatable bonds is 6. The first-order chi connectivity index (χ1) is 9.30. The third kappa shape index (κ3) is 4.60. The van der Waals surface area contributed by atoms with Crippen molar-refractivity contribution in [2.45, 2.75) is 50.9 Å². The minimum Gasteiger partial charge on any atom is -0.372 e. The molecule has 1 N–H and O–H groups in total. The second kappa shape index (κ2) is 6.20. The number of hydrogen-bond acceptors (Lipinski definition) is 3. The van der Waals surface area contributed by atoms with Crippen molar-refractivity contribution in [3.05, 3.63) is 0 Å². The summed E-state index contributed by atoms with van der Waals surface area (Å²) < 4.78 is 40.5. The fraction of sp³-hybridized carbons (Fsp3) is 1.00. The molecule has 2 unspecified atom stereocenters. The molecule has 0 aromatic heterocycles. The normalized spacial score (nSPS) is 32.5. The fourth-order valence-corrected chi connectivity index (χ4v) is 2.99. The van der Waals surface area contributed by atoms with Crippen molar-refractivity contribution in [3.8, 4) is 0 Å². The molecule has 2 rings (SSSR count). The van der Waals surface area contributed by atoms with Gasteiger partial charge in [0.2, 0.25) is 0 Å². The summed E-state index contributed by atoms with van der Waals surface area (Å²) in [6.45, 7) is 6.22. The summed E-state index contributed by atoms with van der Waals surface area (Å²) >= 11 is 0. The van der Waals surface area contributed by atoms with E-state index in [1.54, 1.807) is 0 Å². The molecule has 0 aromatic carbocycles. The Morgan fingerprint density at radius 1 is 1.35 bits per heavy atom. The molecule has 1 aliphatic carbocycles. The number of ether oxygens (including phenoxy) is 1. The molecule has 0 amide bonds. The quantitative estimate of drug-likeness (QED) is 0.761. The highest BCUT2D eigenvalue weighted by molar-refractivity contribution is 5.03. The van der Waals surface area contributed by atoms with E-state index in [1.807, 2.05) is 0 Å². The molecule has 118 valence electrons. The summed E-state index contributed by atoms with van der Waals surface area (Å²) in [6, 6.07) is 0.435. The number of nitrogens with zero attached hydrogens (tertiary/aromatic N) is 1. The Morgan fingerprint density at radius 2 is 2.05 bits per heavy atom. The van der Waals surface area contributed by atoms with Crippen LogP contribution in [-0.4, -0.2) is 55.5 Å². The maximum atomic E-state index is 12.0. The molecular formula is C14H25F3N2O. The van der Waals surface area contributed by atoms with Crippen molar-refractivity contribution in [2.75, 3.05) is 32.8 Å². The largest absolute Gasteiger partial charge is 0.411 e. The Hall–Kier alpha value is -0.330. The molecule has 1 saturated heterocycles. The second-order valence-corrected chi connectivity index (χ2v) is 6.41. The maximum Gasteiger partial charge on any atom is 0.411 e. The van der Waals surface area contributed by atoms with E-state index in [-0.39, 0.29) is 12.1 Å².